The Labute approximate surface area is 74.0 Å². The Morgan fingerprint density at radius 3 is 2.92 bits per heavy atom. The lowest BCUT2D eigenvalue weighted by molar-refractivity contribution is 0.609. The zero-order chi connectivity index (χ0) is 9.03. The quantitative estimate of drug-likeness (QED) is 0.423. The molecule has 1 atom stereocenters. The van der Waals surface area contributed by atoms with E-state index in [9.17, 15) is 8.42 Å². The van der Waals surface area contributed by atoms with Crippen LogP contribution in [0.15, 0.2) is 35.2 Å². The second-order valence-corrected chi connectivity index (χ2v) is 5.01. The van der Waals surface area contributed by atoms with Gasteiger partial charge in [0.15, 0.2) is 0 Å². The molecule has 3 nitrogen and oxygen atoms in total. The monoisotopic (exact) mass is 203 g/mol. The van der Waals surface area contributed by atoms with E-state index >= 15 is 0 Å². The number of sulfone groups is 1. The van der Waals surface area contributed by atoms with Crippen molar-refractivity contribution in [2.75, 3.05) is 6.16 Å². The van der Waals surface area contributed by atoms with Gasteiger partial charge in [0.25, 0.3) is 0 Å². The van der Waals surface area contributed by atoms with Crippen LogP contribution in [0, 0.1) is 0 Å². The molecule has 0 aromatic heterocycles. The summed E-state index contributed by atoms with van der Waals surface area (Å²) in [6, 6.07) is 0. The van der Waals surface area contributed by atoms with Gasteiger partial charge in [0.05, 0.1) is 0 Å². The second-order valence-electron chi connectivity index (χ2n) is 2.20. The van der Waals surface area contributed by atoms with Crippen LogP contribution < -0.4 is 5.09 Å². The summed E-state index contributed by atoms with van der Waals surface area (Å²) in [5.74, 6) is 0. The highest BCUT2D eigenvalue weighted by Crippen LogP contribution is 2.17. The predicted octanol–water partition coefficient (Wildman–Crippen LogP) is 1.14. The fourth-order valence-corrected chi connectivity index (χ4v) is 2.71. The van der Waals surface area contributed by atoms with Gasteiger partial charge in [-0.1, -0.05) is 6.08 Å². The predicted molar refractivity (Wildman–Crippen MR) is 52.7 cm³/mol. The standard InChI is InChI=1S/C7H10NO2PS/c1-2-5-11-8-7-4-3-6-12(7,9)10/h2-4,6,8,11H,1,5H2. The molecule has 0 aliphatic carbocycles. The molecule has 0 saturated heterocycles. The van der Waals surface area contributed by atoms with Crippen LogP contribution in [0.3, 0.4) is 0 Å². The van der Waals surface area contributed by atoms with Crippen molar-refractivity contribution in [3.8, 4) is 0 Å². The van der Waals surface area contributed by atoms with E-state index in [4.69, 9.17) is 0 Å². The maximum atomic E-state index is 11.1. The van der Waals surface area contributed by atoms with Gasteiger partial charge in [0.2, 0.25) is 9.84 Å². The van der Waals surface area contributed by atoms with Crippen LogP contribution in [0.2, 0.25) is 0 Å². The molecule has 0 bridgehead atoms. The maximum absolute atomic E-state index is 11.1. The van der Waals surface area contributed by atoms with Crippen LogP contribution in [-0.4, -0.2) is 14.6 Å². The van der Waals surface area contributed by atoms with E-state index in [1.54, 1.807) is 12.2 Å². The molecule has 1 heterocycles. The average molecular weight is 203 g/mol. The van der Waals surface area contributed by atoms with Crippen LogP contribution in [0.25, 0.3) is 0 Å². The van der Waals surface area contributed by atoms with Gasteiger partial charge in [-0.2, -0.15) is 0 Å². The molecular formula is C7H10NO2PS. The lowest BCUT2D eigenvalue weighted by Gasteiger charge is -2.03. The van der Waals surface area contributed by atoms with Crippen LogP contribution in [0.4, 0.5) is 0 Å². The largest absolute Gasteiger partial charge is 0.357 e. The Kier molecular flexibility index (Phi) is 3.06. The lowest BCUT2D eigenvalue weighted by atomic mass is 10.6. The zero-order valence-corrected chi connectivity index (χ0v) is 8.26. The molecule has 12 heavy (non-hydrogen) atoms. The van der Waals surface area contributed by atoms with E-state index in [1.807, 2.05) is 0 Å². The molecule has 0 aromatic carbocycles. The van der Waals surface area contributed by atoms with E-state index in [0.717, 1.165) is 6.16 Å². The summed E-state index contributed by atoms with van der Waals surface area (Å²) in [4.78, 5) is 0. The third kappa shape index (κ3) is 2.19. The Morgan fingerprint density at radius 1 is 1.67 bits per heavy atom. The summed E-state index contributed by atoms with van der Waals surface area (Å²) < 4.78 is 22.2. The van der Waals surface area contributed by atoms with E-state index in [2.05, 4.69) is 11.7 Å². The molecule has 5 heteroatoms. The molecule has 1 aliphatic heterocycles. The number of allylic oxidation sites excluding steroid dienone is 3. The number of rotatable bonds is 4. The molecule has 1 unspecified atom stereocenters. The minimum Gasteiger partial charge on any atom is -0.357 e. The molecule has 1 N–H and O–H groups in total. The zero-order valence-electron chi connectivity index (χ0n) is 6.45. The summed E-state index contributed by atoms with van der Waals surface area (Å²) >= 11 is 0. The van der Waals surface area contributed by atoms with E-state index in [-0.39, 0.29) is 0 Å². The van der Waals surface area contributed by atoms with E-state index in [1.165, 1.54) is 11.5 Å². The van der Waals surface area contributed by atoms with Crippen molar-refractivity contribution >= 4 is 18.6 Å². The van der Waals surface area contributed by atoms with Crippen LogP contribution >= 0.6 is 8.73 Å². The maximum Gasteiger partial charge on any atom is 0.214 e. The number of hydrogen-bond donors (Lipinski definition) is 1. The lowest BCUT2D eigenvalue weighted by Crippen LogP contribution is -2.08. The van der Waals surface area contributed by atoms with Crippen molar-refractivity contribution in [1.29, 1.82) is 0 Å². The third-order valence-electron chi connectivity index (χ3n) is 1.27. The average Bonchev–Trinajstić information content (AvgIpc) is 2.32. The van der Waals surface area contributed by atoms with Gasteiger partial charge in [-0.25, -0.2) is 8.42 Å². The molecule has 1 aliphatic rings. The Bertz CT molecular complexity index is 329. The highest BCUT2D eigenvalue weighted by Gasteiger charge is 2.16. The summed E-state index contributed by atoms with van der Waals surface area (Å²) in [6.07, 6.45) is 5.62. The smallest absolute Gasteiger partial charge is 0.214 e. The summed E-state index contributed by atoms with van der Waals surface area (Å²) in [6.45, 7) is 3.54. The van der Waals surface area contributed by atoms with Crippen LogP contribution in [0.5, 0.6) is 0 Å². The molecule has 0 spiro atoms. The van der Waals surface area contributed by atoms with Gasteiger partial charge in [0, 0.05) is 11.6 Å². The number of nitrogens with one attached hydrogen (secondary N) is 1. The van der Waals surface area contributed by atoms with E-state index < -0.39 is 9.84 Å². The molecular weight excluding hydrogens is 193 g/mol. The van der Waals surface area contributed by atoms with Crippen molar-refractivity contribution in [3.63, 3.8) is 0 Å². The fraction of sp³-hybridized carbons (Fsp3) is 0.143. The second kappa shape index (κ2) is 3.87. The first-order valence-corrected chi connectivity index (χ1v) is 6.15. The minimum absolute atomic E-state index is 0.294. The van der Waals surface area contributed by atoms with Gasteiger partial charge in [-0.3, -0.25) is 0 Å². The molecule has 0 aromatic rings. The summed E-state index contributed by atoms with van der Waals surface area (Å²) in [7, 11) is -2.75. The Hall–Kier alpha value is -0.600. The van der Waals surface area contributed by atoms with Gasteiger partial charge in [0.1, 0.15) is 5.03 Å². The molecule has 0 radical (unpaired) electrons. The normalized spacial score (nSPS) is 19.8. The number of hydrogen-bond acceptors (Lipinski definition) is 3. The van der Waals surface area contributed by atoms with Crippen LogP contribution in [-0.2, 0) is 9.84 Å². The van der Waals surface area contributed by atoms with Crippen LogP contribution in [0.1, 0.15) is 0 Å². The molecule has 1 rings (SSSR count). The van der Waals surface area contributed by atoms with Crippen molar-refractivity contribution in [2.45, 2.75) is 0 Å². The van der Waals surface area contributed by atoms with Crippen molar-refractivity contribution in [2.24, 2.45) is 0 Å². The van der Waals surface area contributed by atoms with Gasteiger partial charge >= 0.3 is 0 Å². The first-order valence-electron chi connectivity index (χ1n) is 3.40. The SMILES string of the molecule is C=CCPNC1=CC=CS1(=O)=O. The van der Waals surface area contributed by atoms with Gasteiger partial charge < -0.3 is 5.09 Å². The van der Waals surface area contributed by atoms with Crippen molar-refractivity contribution in [3.05, 3.63) is 35.2 Å². The molecule has 0 fully saturated rings. The molecule has 0 saturated carbocycles. The fourth-order valence-electron chi connectivity index (χ4n) is 0.721. The first kappa shape index (κ1) is 9.49. The topological polar surface area (TPSA) is 46.2 Å². The Balaban J connectivity index is 2.51. The highest BCUT2D eigenvalue weighted by molar-refractivity contribution is 7.98. The van der Waals surface area contributed by atoms with Gasteiger partial charge in [-0.05, 0) is 20.9 Å². The molecule has 66 valence electrons. The molecule has 0 amide bonds. The summed E-state index contributed by atoms with van der Waals surface area (Å²) in [5.41, 5.74) is 0. The van der Waals surface area contributed by atoms with E-state index in [0.29, 0.717) is 13.8 Å². The Morgan fingerprint density at radius 2 is 2.42 bits per heavy atom. The third-order valence-corrected chi connectivity index (χ3v) is 3.76. The first-order chi connectivity index (χ1) is 5.67. The van der Waals surface area contributed by atoms with Crippen molar-refractivity contribution in [1.82, 2.24) is 5.09 Å². The minimum atomic E-state index is -3.13. The highest BCUT2D eigenvalue weighted by atomic mass is 32.2. The van der Waals surface area contributed by atoms with Crippen molar-refractivity contribution < 1.29 is 8.42 Å². The van der Waals surface area contributed by atoms with Gasteiger partial charge in [-0.15, -0.1) is 6.58 Å². The summed E-state index contributed by atoms with van der Waals surface area (Å²) in [5, 5.41) is 4.32.